The summed E-state index contributed by atoms with van der Waals surface area (Å²) in [5, 5.41) is -4.54. The summed E-state index contributed by atoms with van der Waals surface area (Å²) >= 11 is 25.7. The third kappa shape index (κ3) is 3.96. The number of hydrogen-bond donors (Lipinski definition) is 4. The summed E-state index contributed by atoms with van der Waals surface area (Å²) in [5.74, 6) is 0. The Kier molecular flexibility index (Phi) is 8.63. The molecule has 6 nitrogen and oxygen atoms in total. The third-order valence-electron chi connectivity index (χ3n) is 5.65. The maximum Gasteiger partial charge on any atom is 0.336 e. The molecule has 0 radical (unpaired) electrons. The number of benzene rings is 1. The van der Waals surface area contributed by atoms with Gasteiger partial charge in [-0.25, -0.2) is 0 Å². The maximum atomic E-state index is 12.4. The van der Waals surface area contributed by atoms with Gasteiger partial charge in [-0.3, -0.25) is 9.13 Å². The minimum Gasteiger partial charge on any atom is -0.324 e. The van der Waals surface area contributed by atoms with Crippen molar-refractivity contribution in [1.29, 1.82) is 0 Å². The summed E-state index contributed by atoms with van der Waals surface area (Å²) in [7, 11) is -9.53. The molecule has 28 heavy (non-hydrogen) atoms. The molecule has 1 rings (SSSR count). The van der Waals surface area contributed by atoms with Crippen molar-refractivity contribution in [3.8, 4) is 0 Å². The second-order valence-corrected chi connectivity index (χ2v) is 12.0. The smallest absolute Gasteiger partial charge is 0.324 e. The lowest BCUT2D eigenvalue weighted by Crippen LogP contribution is -2.29. The monoisotopic (exact) mass is 514 g/mol. The van der Waals surface area contributed by atoms with Gasteiger partial charge in [0.25, 0.3) is 0 Å². The zero-order valence-corrected chi connectivity index (χ0v) is 20.7. The van der Waals surface area contributed by atoms with Crippen molar-refractivity contribution in [1.82, 2.24) is 0 Å². The fraction of sp³-hybridized carbons (Fsp3) is 0.625. The van der Waals surface area contributed by atoms with Gasteiger partial charge in [0.2, 0.25) is 0 Å². The van der Waals surface area contributed by atoms with Gasteiger partial charge in [0, 0.05) is 11.1 Å². The molecule has 0 fully saturated rings. The lowest BCUT2D eigenvalue weighted by molar-refractivity contribution is 0.312. The van der Waals surface area contributed by atoms with Crippen LogP contribution in [0.25, 0.3) is 0 Å². The predicted molar refractivity (Wildman–Crippen MR) is 115 cm³/mol. The SMILES string of the molecule is CCC(CC)(c1c(Cl)c(Cl)c(C(CC)(CC)P(=O)(O)O)c(Cl)c1Cl)P(=O)(O)O. The summed E-state index contributed by atoms with van der Waals surface area (Å²) in [5.41, 5.74) is -0.223. The van der Waals surface area contributed by atoms with Crippen molar-refractivity contribution < 1.29 is 28.7 Å². The van der Waals surface area contributed by atoms with Crippen LogP contribution in [0.2, 0.25) is 20.1 Å². The molecule has 1 aromatic rings. The first-order valence-corrected chi connectivity index (χ1v) is 13.3. The molecular formula is C16H24Cl4O6P2. The fourth-order valence-corrected chi connectivity index (χ4v) is 8.29. The van der Waals surface area contributed by atoms with Crippen LogP contribution in [-0.2, 0) is 19.4 Å². The molecule has 0 aliphatic heterocycles. The highest BCUT2D eigenvalue weighted by Gasteiger charge is 2.53. The van der Waals surface area contributed by atoms with Crippen molar-refractivity contribution in [2.45, 2.75) is 63.7 Å². The van der Waals surface area contributed by atoms with E-state index in [1.807, 2.05) is 0 Å². The zero-order chi connectivity index (χ0) is 22.3. The van der Waals surface area contributed by atoms with Crippen LogP contribution in [0.4, 0.5) is 0 Å². The quantitative estimate of drug-likeness (QED) is 0.226. The Morgan fingerprint density at radius 2 is 0.786 bits per heavy atom. The second kappa shape index (κ2) is 9.04. The largest absolute Gasteiger partial charge is 0.336 e. The normalized spacial score (nSPS) is 13.9. The molecule has 0 aliphatic rings. The van der Waals surface area contributed by atoms with Crippen LogP contribution < -0.4 is 0 Å². The highest BCUT2D eigenvalue weighted by atomic mass is 35.5. The molecule has 12 heteroatoms. The highest BCUT2D eigenvalue weighted by molar-refractivity contribution is 7.53. The van der Waals surface area contributed by atoms with Crippen molar-refractivity contribution in [3.63, 3.8) is 0 Å². The Balaban J connectivity index is 4.18. The average molecular weight is 516 g/mol. The first-order valence-electron chi connectivity index (χ1n) is 8.61. The van der Waals surface area contributed by atoms with Gasteiger partial charge in [-0.2, -0.15) is 0 Å². The summed E-state index contributed by atoms with van der Waals surface area (Å²) in [6.45, 7) is 6.29. The summed E-state index contributed by atoms with van der Waals surface area (Å²) < 4.78 is 24.7. The van der Waals surface area contributed by atoms with E-state index < -0.39 is 25.5 Å². The minimum atomic E-state index is -4.76. The van der Waals surface area contributed by atoms with Crippen LogP contribution in [-0.4, -0.2) is 19.6 Å². The summed E-state index contributed by atoms with van der Waals surface area (Å²) in [6, 6.07) is 0. The molecule has 0 unspecified atom stereocenters. The van der Waals surface area contributed by atoms with Gasteiger partial charge in [-0.1, -0.05) is 74.1 Å². The second-order valence-electron chi connectivity index (χ2n) is 6.57. The van der Waals surface area contributed by atoms with Crippen LogP contribution >= 0.6 is 61.6 Å². The van der Waals surface area contributed by atoms with E-state index in [4.69, 9.17) is 46.4 Å². The van der Waals surface area contributed by atoms with Gasteiger partial charge in [-0.15, -0.1) is 0 Å². The lowest BCUT2D eigenvalue weighted by atomic mass is 9.87. The molecule has 0 atom stereocenters. The molecule has 0 bridgehead atoms. The fourth-order valence-electron chi connectivity index (χ4n) is 3.77. The lowest BCUT2D eigenvalue weighted by Gasteiger charge is -2.38. The van der Waals surface area contributed by atoms with Gasteiger partial charge >= 0.3 is 15.2 Å². The number of hydrogen-bond acceptors (Lipinski definition) is 2. The van der Waals surface area contributed by atoms with Crippen LogP contribution in [0.1, 0.15) is 64.5 Å². The Morgan fingerprint density at radius 3 is 0.893 bits per heavy atom. The number of halogens is 4. The predicted octanol–water partition coefficient (Wildman–Crippen LogP) is 6.69. The maximum absolute atomic E-state index is 12.4. The van der Waals surface area contributed by atoms with Gasteiger partial charge < -0.3 is 19.6 Å². The van der Waals surface area contributed by atoms with Gasteiger partial charge in [0.1, 0.15) is 0 Å². The molecule has 0 aromatic heterocycles. The molecular weight excluding hydrogens is 492 g/mol. The van der Waals surface area contributed by atoms with Crippen LogP contribution in [0, 0.1) is 0 Å². The van der Waals surface area contributed by atoms with Crippen LogP contribution in [0.3, 0.4) is 0 Å². The summed E-state index contributed by atoms with van der Waals surface area (Å²) in [4.78, 5) is 40.2. The third-order valence-corrected chi connectivity index (χ3v) is 11.3. The molecule has 162 valence electrons. The molecule has 0 heterocycles. The van der Waals surface area contributed by atoms with Crippen LogP contribution in [0.5, 0.6) is 0 Å². The van der Waals surface area contributed by atoms with E-state index in [1.54, 1.807) is 27.7 Å². The first kappa shape index (κ1) is 26.7. The first-order chi connectivity index (χ1) is 12.6. The van der Waals surface area contributed by atoms with E-state index in [2.05, 4.69) is 0 Å². The van der Waals surface area contributed by atoms with E-state index in [0.717, 1.165) is 0 Å². The van der Waals surface area contributed by atoms with Gasteiger partial charge in [0.05, 0.1) is 30.4 Å². The van der Waals surface area contributed by atoms with E-state index in [0.29, 0.717) is 0 Å². The van der Waals surface area contributed by atoms with Crippen LogP contribution in [0.15, 0.2) is 0 Å². The van der Waals surface area contributed by atoms with Crippen molar-refractivity contribution in [3.05, 3.63) is 31.2 Å². The Hall–Kier alpha value is 0.680. The van der Waals surface area contributed by atoms with Crippen molar-refractivity contribution >= 4 is 61.6 Å². The topological polar surface area (TPSA) is 115 Å². The number of rotatable bonds is 8. The van der Waals surface area contributed by atoms with E-state index in [1.165, 1.54) is 0 Å². The standard InChI is InChI=1S/C16H24Cl4O6P2/c1-5-15(6-2,27(21,22)23)9-11(17)13(19)10(14(20)12(9)18)16(7-3,8-4)28(24,25)26/h5-8H2,1-4H3,(H2,21,22,23)(H2,24,25,26). The molecule has 0 aliphatic carbocycles. The van der Waals surface area contributed by atoms with Crippen molar-refractivity contribution in [2.24, 2.45) is 0 Å². The highest BCUT2D eigenvalue weighted by Crippen LogP contribution is 2.68. The molecule has 0 amide bonds. The molecule has 1 aromatic carbocycles. The Labute approximate surface area is 184 Å². The molecule has 4 N–H and O–H groups in total. The van der Waals surface area contributed by atoms with E-state index in [-0.39, 0.29) is 56.9 Å². The van der Waals surface area contributed by atoms with E-state index in [9.17, 15) is 28.7 Å². The summed E-state index contributed by atoms with van der Waals surface area (Å²) in [6.07, 6.45) is -0.0380. The molecule has 0 spiro atoms. The van der Waals surface area contributed by atoms with Crippen molar-refractivity contribution in [2.75, 3.05) is 0 Å². The Bertz CT molecular complexity index is 742. The minimum absolute atomic E-state index is 0.00951. The van der Waals surface area contributed by atoms with Gasteiger partial charge in [0.15, 0.2) is 0 Å². The van der Waals surface area contributed by atoms with Gasteiger partial charge in [-0.05, 0) is 25.7 Å². The molecule has 0 saturated heterocycles. The molecule has 0 saturated carbocycles. The average Bonchev–Trinajstić information content (AvgIpc) is 2.58. The Morgan fingerprint density at radius 1 is 0.607 bits per heavy atom. The zero-order valence-electron chi connectivity index (χ0n) is 15.8. The van der Waals surface area contributed by atoms with E-state index >= 15 is 0 Å².